The summed E-state index contributed by atoms with van der Waals surface area (Å²) >= 11 is 0. The van der Waals surface area contributed by atoms with Crippen LogP contribution in [0.15, 0.2) is 24.3 Å². The predicted octanol–water partition coefficient (Wildman–Crippen LogP) is 2.05. The molecule has 0 radical (unpaired) electrons. The summed E-state index contributed by atoms with van der Waals surface area (Å²) in [5.41, 5.74) is 1.38. The monoisotopic (exact) mass is 274 g/mol. The molecular weight excluding hydrogens is 252 g/mol. The minimum Gasteiger partial charge on any atom is -0.478 e. The molecule has 2 heterocycles. The van der Waals surface area contributed by atoms with Gasteiger partial charge in [-0.2, -0.15) is 0 Å². The molecule has 1 N–H and O–H groups in total. The molecule has 0 aromatic heterocycles. The topological polar surface area (TPSA) is 43.8 Å². The molecule has 2 aliphatic rings. The zero-order valence-corrected chi connectivity index (χ0v) is 11.8. The van der Waals surface area contributed by atoms with Crippen LogP contribution in [-0.2, 0) is 6.54 Å². The molecule has 0 spiro atoms. The van der Waals surface area contributed by atoms with Gasteiger partial charge in [0, 0.05) is 19.1 Å². The van der Waals surface area contributed by atoms with Crippen molar-refractivity contribution >= 4 is 5.97 Å². The summed E-state index contributed by atoms with van der Waals surface area (Å²) in [5.74, 6) is -0.821. The van der Waals surface area contributed by atoms with E-state index in [0.29, 0.717) is 11.6 Å². The van der Waals surface area contributed by atoms with Crippen LogP contribution in [0.2, 0.25) is 0 Å². The number of hydrogen-bond acceptors (Lipinski definition) is 3. The van der Waals surface area contributed by atoms with E-state index in [4.69, 9.17) is 0 Å². The van der Waals surface area contributed by atoms with E-state index < -0.39 is 5.97 Å². The van der Waals surface area contributed by atoms with Crippen LogP contribution in [0.4, 0.5) is 0 Å². The predicted molar refractivity (Wildman–Crippen MR) is 77.9 cm³/mol. The molecule has 2 saturated heterocycles. The summed E-state index contributed by atoms with van der Waals surface area (Å²) in [7, 11) is 0. The van der Waals surface area contributed by atoms with Crippen molar-refractivity contribution in [3.63, 3.8) is 0 Å². The summed E-state index contributed by atoms with van der Waals surface area (Å²) in [6.07, 6.45) is 3.78. The minimum atomic E-state index is -0.821. The Kier molecular flexibility index (Phi) is 4.03. The molecule has 1 aromatic carbocycles. The van der Waals surface area contributed by atoms with Gasteiger partial charge in [-0.05, 0) is 50.5 Å². The zero-order valence-electron chi connectivity index (χ0n) is 11.8. The number of carboxylic acids is 1. The van der Waals surface area contributed by atoms with Crippen LogP contribution in [0.5, 0.6) is 0 Å². The van der Waals surface area contributed by atoms with Gasteiger partial charge in [-0.25, -0.2) is 4.79 Å². The molecule has 3 rings (SSSR count). The summed E-state index contributed by atoms with van der Waals surface area (Å²) < 4.78 is 0. The lowest BCUT2D eigenvalue weighted by Crippen LogP contribution is -2.36. The number of benzene rings is 1. The highest BCUT2D eigenvalue weighted by molar-refractivity contribution is 5.89. The van der Waals surface area contributed by atoms with Gasteiger partial charge in [-0.1, -0.05) is 18.2 Å². The first-order valence-electron chi connectivity index (χ1n) is 7.51. The van der Waals surface area contributed by atoms with Crippen molar-refractivity contribution in [2.45, 2.75) is 31.8 Å². The van der Waals surface area contributed by atoms with Crippen molar-refractivity contribution in [2.24, 2.45) is 0 Å². The van der Waals surface area contributed by atoms with Crippen LogP contribution in [-0.4, -0.2) is 53.1 Å². The molecule has 1 aromatic rings. The molecule has 20 heavy (non-hydrogen) atoms. The number of hydrogen-bond donors (Lipinski definition) is 1. The fourth-order valence-corrected chi connectivity index (χ4v) is 3.53. The molecule has 4 nitrogen and oxygen atoms in total. The fourth-order valence-electron chi connectivity index (χ4n) is 3.53. The molecule has 1 atom stereocenters. The third-order valence-electron chi connectivity index (χ3n) is 4.53. The number of fused-ring (bicyclic) bond motifs is 1. The molecule has 0 aliphatic carbocycles. The van der Waals surface area contributed by atoms with E-state index in [2.05, 4.69) is 9.80 Å². The zero-order chi connectivity index (χ0) is 13.9. The van der Waals surface area contributed by atoms with Crippen LogP contribution in [0.1, 0.15) is 35.2 Å². The number of carboxylic acid groups (broad SMARTS) is 1. The van der Waals surface area contributed by atoms with E-state index in [1.54, 1.807) is 12.1 Å². The summed E-state index contributed by atoms with van der Waals surface area (Å²) in [4.78, 5) is 16.3. The Morgan fingerprint density at radius 2 is 2.00 bits per heavy atom. The first kappa shape index (κ1) is 13.6. The highest BCUT2D eigenvalue weighted by Crippen LogP contribution is 2.23. The Morgan fingerprint density at radius 1 is 1.20 bits per heavy atom. The average Bonchev–Trinajstić information content (AvgIpc) is 2.78. The van der Waals surface area contributed by atoms with Crippen molar-refractivity contribution in [1.29, 1.82) is 0 Å². The smallest absolute Gasteiger partial charge is 0.336 e. The maximum absolute atomic E-state index is 11.3. The number of nitrogens with zero attached hydrogens (tertiary/aromatic N) is 2. The van der Waals surface area contributed by atoms with E-state index in [9.17, 15) is 9.90 Å². The molecule has 0 unspecified atom stereocenters. The first-order valence-corrected chi connectivity index (χ1v) is 7.51. The van der Waals surface area contributed by atoms with E-state index >= 15 is 0 Å². The Morgan fingerprint density at radius 3 is 2.85 bits per heavy atom. The molecule has 2 fully saturated rings. The van der Waals surface area contributed by atoms with Gasteiger partial charge in [-0.15, -0.1) is 0 Å². The normalized spacial score (nSPS) is 24.3. The van der Waals surface area contributed by atoms with Crippen molar-refractivity contribution in [1.82, 2.24) is 9.80 Å². The molecule has 108 valence electrons. The second kappa shape index (κ2) is 5.94. The van der Waals surface area contributed by atoms with Gasteiger partial charge in [0.25, 0.3) is 0 Å². The van der Waals surface area contributed by atoms with Gasteiger partial charge in [0.05, 0.1) is 5.56 Å². The van der Waals surface area contributed by atoms with E-state index in [0.717, 1.165) is 25.2 Å². The largest absolute Gasteiger partial charge is 0.478 e. The van der Waals surface area contributed by atoms with Gasteiger partial charge >= 0.3 is 5.97 Å². The maximum atomic E-state index is 11.3. The standard InChI is InChI=1S/C16H22N2O2/c19-16(20)15-7-2-1-5-13(15)11-17-8-4-10-18-9-3-6-14(18)12-17/h1-2,5,7,14H,3-4,6,8-12H2,(H,19,20)/t14-/m0/s1. The van der Waals surface area contributed by atoms with Crippen molar-refractivity contribution in [3.8, 4) is 0 Å². The highest BCUT2D eigenvalue weighted by atomic mass is 16.4. The van der Waals surface area contributed by atoms with Crippen LogP contribution >= 0.6 is 0 Å². The molecule has 4 heteroatoms. The Balaban J connectivity index is 1.72. The van der Waals surface area contributed by atoms with Crippen LogP contribution in [0.3, 0.4) is 0 Å². The molecule has 2 aliphatic heterocycles. The Bertz CT molecular complexity index is 489. The van der Waals surface area contributed by atoms with E-state index in [-0.39, 0.29) is 0 Å². The lowest BCUT2D eigenvalue weighted by Gasteiger charge is -2.26. The van der Waals surface area contributed by atoms with E-state index in [1.165, 1.54) is 32.4 Å². The molecule has 0 saturated carbocycles. The lowest BCUT2D eigenvalue weighted by atomic mass is 10.1. The van der Waals surface area contributed by atoms with Crippen LogP contribution < -0.4 is 0 Å². The van der Waals surface area contributed by atoms with E-state index in [1.807, 2.05) is 12.1 Å². The maximum Gasteiger partial charge on any atom is 0.336 e. The van der Waals surface area contributed by atoms with Crippen LogP contribution in [0.25, 0.3) is 0 Å². The minimum absolute atomic E-state index is 0.444. The second-order valence-corrected chi connectivity index (χ2v) is 5.88. The van der Waals surface area contributed by atoms with Crippen molar-refractivity contribution in [3.05, 3.63) is 35.4 Å². The van der Waals surface area contributed by atoms with Gasteiger partial charge < -0.3 is 5.11 Å². The number of carbonyl (C=O) groups is 1. The van der Waals surface area contributed by atoms with Gasteiger partial charge in [0.15, 0.2) is 0 Å². The summed E-state index contributed by atoms with van der Waals surface area (Å²) in [6, 6.07) is 8.06. The van der Waals surface area contributed by atoms with Gasteiger partial charge in [-0.3, -0.25) is 9.80 Å². The molecule has 0 bridgehead atoms. The van der Waals surface area contributed by atoms with Crippen LogP contribution in [0, 0.1) is 0 Å². The number of rotatable bonds is 3. The molecular formula is C16H22N2O2. The Hall–Kier alpha value is -1.39. The second-order valence-electron chi connectivity index (χ2n) is 5.88. The van der Waals surface area contributed by atoms with Gasteiger partial charge in [0.2, 0.25) is 0 Å². The average molecular weight is 274 g/mol. The quantitative estimate of drug-likeness (QED) is 0.916. The summed E-state index contributed by atoms with van der Waals surface area (Å²) in [6.45, 7) is 5.34. The highest BCUT2D eigenvalue weighted by Gasteiger charge is 2.28. The van der Waals surface area contributed by atoms with Crippen molar-refractivity contribution in [2.75, 3.05) is 26.2 Å². The van der Waals surface area contributed by atoms with Crippen molar-refractivity contribution < 1.29 is 9.90 Å². The molecule has 0 amide bonds. The third kappa shape index (κ3) is 2.86. The summed E-state index contributed by atoms with van der Waals surface area (Å²) in [5, 5.41) is 9.27. The SMILES string of the molecule is O=C(O)c1ccccc1CN1CCCN2CCC[C@H]2C1. The fraction of sp³-hybridized carbons (Fsp3) is 0.562. The Labute approximate surface area is 120 Å². The third-order valence-corrected chi connectivity index (χ3v) is 4.53. The lowest BCUT2D eigenvalue weighted by molar-refractivity contribution is 0.0694. The van der Waals surface area contributed by atoms with Gasteiger partial charge in [0.1, 0.15) is 0 Å². The number of aromatic carboxylic acids is 1. The first-order chi connectivity index (χ1) is 9.74.